The molecule has 40 rings (SSSR count). The normalized spacial score (nSPS) is 31.1. The van der Waals surface area contributed by atoms with Crippen molar-refractivity contribution in [3.8, 4) is 0 Å². The Morgan fingerprint density at radius 2 is 0.920 bits per heavy atom. The van der Waals surface area contributed by atoms with Crippen LogP contribution in [0.4, 0.5) is 0 Å². The summed E-state index contributed by atoms with van der Waals surface area (Å²) >= 11 is 0. The van der Waals surface area contributed by atoms with Crippen molar-refractivity contribution in [1.82, 2.24) is 0 Å². The topological polar surface area (TPSA) is 26.3 Å². The van der Waals surface area contributed by atoms with Crippen LogP contribution < -0.4 is 15.7 Å². The number of esters is 1. The van der Waals surface area contributed by atoms with Crippen LogP contribution in [0, 0.1) is 17.3 Å². The fraction of sp³-hybridized carbons (Fsp3) is 0.288. The Kier molecular flexibility index (Phi) is 7.60. The standard InChI is InChI=1S/C51H26O2.C49H30.C11H14/c1-53-28(52)8-5-9-50(27-6-3-2-4-7-27)49-17-25-15-23-13-21-11-19-10-20-12-22-14-24-16-26(18-49)36-32(24)40-34(22)38-30(20)29(19)37-33(21)39-31(23)35(25)47-45-43(39)41(37)42(38)44(40)46(45)48(36)51(47,49)50;1-2-4-17-16(3-1)28-15-29(17)49-27-14-13-26-24-11-9-22-20-7-5-18-19-6-8-21-23-10-12-25(27)37-35(23)40-33(21)31(19)38-30(18)32(20)39-34(22)36(24)46(48(26,28)49)44-42(39)41(38)43(40)45(44)47(37)49;1-8-7-9(2)11-6-4-3-5-10(8)11/h2-4,6-7,11-14,17-18H,5,8-10,15-16H2,1H3;1-5,7,19,21,26-29H,6,8-15H2;3-6,8-9H,7H2,1-2H3/t;19?,21?,26?,27?,28-,29+,48?,49?;8-,9+/m.0./s1. The van der Waals surface area contributed by atoms with Gasteiger partial charge in [0.1, 0.15) is 0 Å². The summed E-state index contributed by atoms with van der Waals surface area (Å²) in [5.74, 6) is 5.57. The molecular weight excluding hydrogens is 1370 g/mol. The molecule has 7 unspecified atom stereocenters. The number of carbonyl (C=O) groups is 1. The van der Waals surface area contributed by atoms with E-state index in [-0.39, 0.29) is 33.0 Å². The second-order valence-electron chi connectivity index (χ2n) is 41.1. The van der Waals surface area contributed by atoms with Crippen LogP contribution in [0.3, 0.4) is 0 Å². The van der Waals surface area contributed by atoms with E-state index < -0.39 is 0 Å². The molecule has 20 aromatic rings. The quantitative estimate of drug-likeness (QED) is 0.127. The molecule has 526 valence electrons. The lowest BCUT2D eigenvalue weighted by atomic mass is 9.39. The molecule has 0 N–H and O–H groups in total. The van der Waals surface area contributed by atoms with E-state index in [1.165, 1.54) is 87.7 Å². The maximum Gasteiger partial charge on any atom is 0.305 e. The van der Waals surface area contributed by atoms with Gasteiger partial charge < -0.3 is 4.74 Å². The Hall–Kier alpha value is -10.7. The highest BCUT2D eigenvalue weighted by Crippen LogP contribution is 2.93. The molecular formula is C111H70O2. The Balaban J connectivity index is 0.0000000914. The molecule has 0 amide bonds. The minimum atomic E-state index is -0.209. The maximum atomic E-state index is 12.8. The molecule has 0 heterocycles. The largest absolute Gasteiger partial charge is 0.469 e. The number of carbonyl (C=O) groups excluding carboxylic acids is 1. The van der Waals surface area contributed by atoms with Gasteiger partial charge in [-0.05, 0) is 426 Å². The average molecular weight is 1440 g/mol. The molecule has 2 bridgehead atoms. The van der Waals surface area contributed by atoms with Crippen LogP contribution in [-0.4, -0.2) is 13.1 Å². The second-order valence-corrected chi connectivity index (χ2v) is 41.1. The minimum absolute atomic E-state index is 0.0979. The SMILES string of the molecule is COC(=O)CCCC1(c2ccccc2)C23C=C4Cc5cc6cc7c8c9c(cc%10cc%11c%12c(c%13c%14c%15c(c4c5c4c6c8c(c%154)c4c9c%10c%12c%144)C%1321)C(=C3)C%11)C7.C[C@@H]1C[C@H](C)c2ccccc21.c1ccc2c(c1)[C@H]1C[C@@H]2C23c4c5c6c7c8ccc9c%10c%11c%12c%13c%14c%15c%16c(c%17c4c(c6c8%10)c%11c%14%17)C12C(CCC3C=5CC7)C=%16CCC=%15C%13CCC9%12. The minimum Gasteiger partial charge on any atom is -0.469 e. The average Bonchev–Trinajstić information content (AvgIpc) is 1.39. The molecule has 3 saturated carbocycles. The van der Waals surface area contributed by atoms with Crippen molar-refractivity contribution in [2.24, 2.45) is 17.3 Å². The van der Waals surface area contributed by atoms with Crippen LogP contribution in [0.25, 0.3) is 189 Å². The number of allylic oxidation sites excluding steroid dienone is 4. The van der Waals surface area contributed by atoms with Crippen molar-refractivity contribution >= 4 is 195 Å². The number of fused-ring (bicyclic) bond motifs is 6. The van der Waals surface area contributed by atoms with Crippen molar-refractivity contribution in [1.29, 1.82) is 0 Å². The van der Waals surface area contributed by atoms with Crippen molar-refractivity contribution < 1.29 is 9.53 Å². The first-order chi connectivity index (χ1) is 55.8. The zero-order chi connectivity index (χ0) is 71.5. The number of aryl methyl sites for hydroxylation is 1. The molecule has 0 aromatic heterocycles. The first-order valence-electron chi connectivity index (χ1n) is 44.2. The van der Waals surface area contributed by atoms with E-state index in [1.807, 2.05) is 65.4 Å². The molecule has 2 nitrogen and oxygen atoms in total. The number of methoxy groups -OCH3 is 1. The molecule has 0 saturated heterocycles. The van der Waals surface area contributed by atoms with Crippen LogP contribution in [0.2, 0.25) is 0 Å². The number of hydrogen-bond donors (Lipinski definition) is 0. The van der Waals surface area contributed by atoms with Crippen LogP contribution in [0.1, 0.15) is 232 Å². The molecule has 20 aliphatic carbocycles. The smallest absolute Gasteiger partial charge is 0.305 e. The van der Waals surface area contributed by atoms with Gasteiger partial charge in [-0.3, -0.25) is 4.79 Å². The molecule has 2 heteroatoms. The first-order valence-corrected chi connectivity index (χ1v) is 44.2. The third kappa shape index (κ3) is 4.42. The molecule has 11 atom stereocenters. The van der Waals surface area contributed by atoms with Gasteiger partial charge in [0.2, 0.25) is 0 Å². The summed E-state index contributed by atoms with van der Waals surface area (Å²) in [5.41, 5.74) is 40.7. The van der Waals surface area contributed by atoms with Crippen LogP contribution in [0.15, 0.2) is 127 Å². The van der Waals surface area contributed by atoms with Gasteiger partial charge in [-0.2, -0.15) is 0 Å². The van der Waals surface area contributed by atoms with Gasteiger partial charge in [0.15, 0.2) is 0 Å². The zero-order valence-electron chi connectivity index (χ0n) is 63.4. The van der Waals surface area contributed by atoms with Gasteiger partial charge in [-0.25, -0.2) is 0 Å². The van der Waals surface area contributed by atoms with E-state index in [2.05, 4.69) is 141 Å². The summed E-state index contributed by atoms with van der Waals surface area (Å²) in [6, 6.07) is 46.2. The van der Waals surface area contributed by atoms with Gasteiger partial charge in [0, 0.05) is 45.3 Å². The molecule has 3 fully saturated rings. The fourth-order valence-corrected chi connectivity index (χ4v) is 37.6. The van der Waals surface area contributed by atoms with Gasteiger partial charge in [-0.15, -0.1) is 0 Å². The van der Waals surface area contributed by atoms with Crippen molar-refractivity contribution in [2.75, 3.05) is 7.11 Å². The molecule has 0 aliphatic heterocycles. The molecule has 3 spiro atoms. The second kappa shape index (κ2) is 15.6. The summed E-state index contributed by atoms with van der Waals surface area (Å²) in [5, 5.41) is 54.9. The van der Waals surface area contributed by atoms with Gasteiger partial charge in [-0.1, -0.05) is 158 Å². The van der Waals surface area contributed by atoms with E-state index in [9.17, 15) is 4.79 Å². The molecule has 113 heavy (non-hydrogen) atoms. The predicted octanol–water partition coefficient (Wildman–Crippen LogP) is 23.7. The highest BCUT2D eigenvalue weighted by atomic mass is 16.5. The van der Waals surface area contributed by atoms with E-state index in [0.29, 0.717) is 30.1 Å². The van der Waals surface area contributed by atoms with Crippen molar-refractivity contribution in [3.05, 3.63) is 249 Å². The Bertz CT molecular complexity index is 8610. The zero-order valence-corrected chi connectivity index (χ0v) is 63.4. The lowest BCUT2D eigenvalue weighted by Gasteiger charge is -2.63. The highest BCUT2D eigenvalue weighted by Gasteiger charge is 2.90. The van der Waals surface area contributed by atoms with Gasteiger partial charge in [0.05, 0.1) is 7.11 Å². The summed E-state index contributed by atoms with van der Waals surface area (Å²) in [6.07, 6.45) is 24.5. The summed E-state index contributed by atoms with van der Waals surface area (Å²) in [4.78, 5) is 12.8. The summed E-state index contributed by atoms with van der Waals surface area (Å²) < 4.78 is 5.26. The van der Waals surface area contributed by atoms with Crippen molar-refractivity contribution in [3.63, 3.8) is 0 Å². The molecule has 20 aliphatic rings. The first kappa shape index (κ1) is 54.9. The lowest BCUT2D eigenvalue weighted by Crippen LogP contribution is -2.62. The van der Waals surface area contributed by atoms with Gasteiger partial charge in [0.25, 0.3) is 0 Å². The van der Waals surface area contributed by atoms with Crippen LogP contribution >= 0.6 is 0 Å². The number of hydrogen-bond acceptors (Lipinski definition) is 2. The van der Waals surface area contributed by atoms with E-state index in [0.717, 1.165) is 55.8 Å². The van der Waals surface area contributed by atoms with E-state index in [4.69, 9.17) is 4.74 Å². The predicted molar refractivity (Wildman–Crippen MR) is 460 cm³/mol. The fourth-order valence-electron chi connectivity index (χ4n) is 37.6. The molecule has 20 aromatic carbocycles. The van der Waals surface area contributed by atoms with E-state index >= 15 is 0 Å². The maximum absolute atomic E-state index is 12.8. The van der Waals surface area contributed by atoms with E-state index in [1.54, 1.807) is 229 Å². The third-order valence-electron chi connectivity index (χ3n) is 39.1. The highest BCUT2D eigenvalue weighted by molar-refractivity contribution is 6.62. The van der Waals surface area contributed by atoms with Crippen LogP contribution in [-0.2, 0) is 56.9 Å². The summed E-state index contributed by atoms with van der Waals surface area (Å²) in [6.45, 7) is 4.64. The number of ether oxygens (including phenoxy) is 1. The summed E-state index contributed by atoms with van der Waals surface area (Å²) in [7, 11) is 1.54. The molecule has 0 radical (unpaired) electrons. The number of rotatable bonds is 5. The Morgan fingerprint density at radius 3 is 1.57 bits per heavy atom. The lowest BCUT2D eigenvalue weighted by molar-refractivity contribution is -0.140. The Labute approximate surface area is 647 Å². The monoisotopic (exact) mass is 1430 g/mol. The van der Waals surface area contributed by atoms with Crippen molar-refractivity contribution in [2.45, 2.75) is 174 Å². The number of benzene rings is 16. The third-order valence-corrected chi connectivity index (χ3v) is 39.1. The van der Waals surface area contributed by atoms with Crippen LogP contribution in [0.5, 0.6) is 0 Å². The Morgan fingerprint density at radius 1 is 0.407 bits per heavy atom. The van der Waals surface area contributed by atoms with Gasteiger partial charge >= 0.3 is 5.97 Å².